The summed E-state index contributed by atoms with van der Waals surface area (Å²) in [5.41, 5.74) is 4.60. The number of nitrogens with one attached hydrogen (secondary N) is 2. The molecule has 5 unspecified atom stereocenters. The van der Waals surface area contributed by atoms with E-state index in [0.29, 0.717) is 0 Å². The lowest BCUT2D eigenvalue weighted by molar-refractivity contribution is -0.231. The Hall–Kier alpha value is -2.24. The Kier molecular flexibility index (Phi) is 4.79. The molecule has 158 valence electrons. The zero-order valence-corrected chi connectivity index (χ0v) is 16.5. The number of hydrogen-bond acceptors (Lipinski definition) is 8. The molecule has 5 atom stereocenters. The molecule has 0 aromatic heterocycles. The van der Waals surface area contributed by atoms with Gasteiger partial charge < -0.3 is 28.8 Å². The summed E-state index contributed by atoms with van der Waals surface area (Å²) in [6.45, 7) is 6.95. The predicted molar refractivity (Wildman–Crippen MR) is 96.2 cm³/mol. The lowest BCUT2D eigenvalue weighted by Crippen LogP contribution is -2.61. The van der Waals surface area contributed by atoms with Crippen molar-refractivity contribution in [3.63, 3.8) is 0 Å². The second-order valence-electron chi connectivity index (χ2n) is 8.05. The molecule has 1 aromatic carbocycles. The zero-order chi connectivity index (χ0) is 21.0. The summed E-state index contributed by atoms with van der Waals surface area (Å²) in [4.78, 5) is 25.0. The molecular weight excluding hydrogens is 384 g/mol. The van der Waals surface area contributed by atoms with Gasteiger partial charge in [-0.3, -0.25) is 20.4 Å². The molecule has 1 aromatic rings. The van der Waals surface area contributed by atoms with Crippen LogP contribution in [-0.4, -0.2) is 59.2 Å². The summed E-state index contributed by atoms with van der Waals surface area (Å²) in [5, 5.41) is 9.76. The van der Waals surface area contributed by atoms with Crippen molar-refractivity contribution in [3.05, 3.63) is 29.8 Å². The van der Waals surface area contributed by atoms with Crippen LogP contribution < -0.4 is 10.9 Å². The van der Waals surface area contributed by atoms with Crippen LogP contribution in [0.1, 0.15) is 38.1 Å². The Morgan fingerprint density at radius 2 is 1.52 bits per heavy atom. The predicted octanol–water partition coefficient (Wildman–Crippen LogP) is 0.550. The van der Waals surface area contributed by atoms with E-state index < -0.39 is 54.1 Å². The molecule has 3 fully saturated rings. The molecule has 0 saturated carbocycles. The van der Waals surface area contributed by atoms with Gasteiger partial charge in [-0.15, -0.1) is 0 Å². The van der Waals surface area contributed by atoms with Crippen molar-refractivity contribution in [2.45, 2.75) is 70.0 Å². The number of phenols is 1. The molecule has 10 nitrogen and oxygen atoms in total. The fourth-order valence-corrected chi connectivity index (χ4v) is 3.75. The SMILES string of the molecule is CC1(C)OC2OC(C(=O)NNC(=O)c3ccccc3O)C3OC(C)(C)OC3C2O1. The van der Waals surface area contributed by atoms with Gasteiger partial charge in [0.15, 0.2) is 24.0 Å². The van der Waals surface area contributed by atoms with E-state index in [4.69, 9.17) is 23.7 Å². The maximum Gasteiger partial charge on any atom is 0.273 e. The van der Waals surface area contributed by atoms with Crippen molar-refractivity contribution in [2.75, 3.05) is 0 Å². The van der Waals surface area contributed by atoms with E-state index in [1.165, 1.54) is 12.1 Å². The topological polar surface area (TPSA) is 125 Å². The first-order chi connectivity index (χ1) is 13.6. The van der Waals surface area contributed by atoms with Crippen molar-refractivity contribution in [1.82, 2.24) is 10.9 Å². The molecule has 3 heterocycles. The Balaban J connectivity index is 1.47. The number of hydrogen-bond donors (Lipinski definition) is 3. The van der Waals surface area contributed by atoms with Gasteiger partial charge in [0.05, 0.1) is 5.56 Å². The number of fused-ring (bicyclic) bond motifs is 3. The molecule has 0 bridgehead atoms. The quantitative estimate of drug-likeness (QED) is 0.606. The Bertz CT molecular complexity index is 826. The monoisotopic (exact) mass is 408 g/mol. The average molecular weight is 408 g/mol. The number of ether oxygens (including phenoxy) is 5. The number of benzene rings is 1. The molecule has 3 aliphatic heterocycles. The molecular formula is C19H24N2O8. The van der Waals surface area contributed by atoms with Crippen LogP contribution in [0, 0.1) is 0 Å². The van der Waals surface area contributed by atoms with E-state index in [9.17, 15) is 14.7 Å². The molecule has 0 radical (unpaired) electrons. The summed E-state index contributed by atoms with van der Waals surface area (Å²) in [6, 6.07) is 5.98. The lowest BCUT2D eigenvalue weighted by Gasteiger charge is -2.36. The normalized spacial score (nSPS) is 34.1. The Labute approximate surface area is 167 Å². The van der Waals surface area contributed by atoms with Crippen molar-refractivity contribution in [1.29, 1.82) is 0 Å². The highest BCUT2D eigenvalue weighted by molar-refractivity contribution is 5.98. The highest BCUT2D eigenvalue weighted by Crippen LogP contribution is 2.44. The molecule has 2 amide bonds. The first-order valence-corrected chi connectivity index (χ1v) is 9.31. The summed E-state index contributed by atoms with van der Waals surface area (Å²) >= 11 is 0. The molecule has 0 spiro atoms. The van der Waals surface area contributed by atoms with E-state index in [2.05, 4.69) is 10.9 Å². The molecule has 0 aliphatic carbocycles. The molecule has 29 heavy (non-hydrogen) atoms. The van der Waals surface area contributed by atoms with Crippen molar-refractivity contribution in [3.8, 4) is 5.75 Å². The zero-order valence-electron chi connectivity index (χ0n) is 16.5. The van der Waals surface area contributed by atoms with Crippen LogP contribution in [0.2, 0.25) is 0 Å². The summed E-state index contributed by atoms with van der Waals surface area (Å²) in [7, 11) is 0. The van der Waals surface area contributed by atoms with E-state index in [-0.39, 0.29) is 11.3 Å². The minimum Gasteiger partial charge on any atom is -0.507 e. The minimum absolute atomic E-state index is 0.0196. The lowest BCUT2D eigenvalue weighted by atomic mass is 9.98. The molecule has 3 aliphatic rings. The van der Waals surface area contributed by atoms with Crippen molar-refractivity contribution < 1.29 is 38.4 Å². The van der Waals surface area contributed by atoms with Crippen LogP contribution in [0.15, 0.2) is 24.3 Å². The van der Waals surface area contributed by atoms with Crippen molar-refractivity contribution >= 4 is 11.8 Å². The molecule has 10 heteroatoms. The number of rotatable bonds is 2. The number of hydrazine groups is 1. The highest BCUT2D eigenvalue weighted by Gasteiger charge is 2.62. The maximum absolute atomic E-state index is 12.8. The summed E-state index contributed by atoms with van der Waals surface area (Å²) < 4.78 is 29.2. The second-order valence-corrected chi connectivity index (χ2v) is 8.05. The van der Waals surface area contributed by atoms with E-state index in [1.54, 1.807) is 39.8 Å². The second kappa shape index (κ2) is 6.92. The van der Waals surface area contributed by atoms with Gasteiger partial charge in [0.1, 0.15) is 24.1 Å². The van der Waals surface area contributed by atoms with Gasteiger partial charge in [0.25, 0.3) is 11.8 Å². The van der Waals surface area contributed by atoms with Crippen LogP contribution in [-0.2, 0) is 28.5 Å². The molecule has 3 N–H and O–H groups in total. The van der Waals surface area contributed by atoms with E-state index in [0.717, 1.165) is 0 Å². The third kappa shape index (κ3) is 3.81. The number of carbonyl (C=O) groups excluding carboxylic acids is 2. The third-order valence-corrected chi connectivity index (χ3v) is 4.86. The molecule has 4 rings (SSSR count). The van der Waals surface area contributed by atoms with Crippen molar-refractivity contribution in [2.24, 2.45) is 0 Å². The number of carbonyl (C=O) groups is 2. The smallest absolute Gasteiger partial charge is 0.273 e. The van der Waals surface area contributed by atoms with Gasteiger partial charge in [0, 0.05) is 0 Å². The number of amides is 2. The number of phenolic OH excluding ortho intramolecular Hbond substituents is 1. The Morgan fingerprint density at radius 1 is 0.897 bits per heavy atom. The van der Waals surface area contributed by atoms with Gasteiger partial charge in [-0.25, -0.2) is 0 Å². The number of aromatic hydroxyl groups is 1. The average Bonchev–Trinajstić information content (AvgIpc) is 3.12. The fraction of sp³-hybridized carbons (Fsp3) is 0.579. The maximum atomic E-state index is 12.8. The summed E-state index contributed by atoms with van der Waals surface area (Å²) in [5.74, 6) is -3.37. The molecule has 3 saturated heterocycles. The number of para-hydroxylation sites is 1. The fourth-order valence-electron chi connectivity index (χ4n) is 3.75. The summed E-state index contributed by atoms with van der Waals surface area (Å²) in [6.07, 6.45) is -3.84. The highest BCUT2D eigenvalue weighted by atomic mass is 16.9. The van der Waals surface area contributed by atoms with Crippen LogP contribution in [0.5, 0.6) is 5.75 Å². The van der Waals surface area contributed by atoms with Crippen LogP contribution >= 0.6 is 0 Å². The van der Waals surface area contributed by atoms with Gasteiger partial charge in [0.2, 0.25) is 0 Å². The van der Waals surface area contributed by atoms with Gasteiger partial charge in [-0.2, -0.15) is 0 Å². The van der Waals surface area contributed by atoms with Gasteiger partial charge in [-0.05, 0) is 39.8 Å². The van der Waals surface area contributed by atoms with Crippen LogP contribution in [0.4, 0.5) is 0 Å². The van der Waals surface area contributed by atoms with E-state index in [1.807, 2.05) is 0 Å². The van der Waals surface area contributed by atoms with Crippen LogP contribution in [0.3, 0.4) is 0 Å². The van der Waals surface area contributed by atoms with Crippen LogP contribution in [0.25, 0.3) is 0 Å². The standard InChI is InChI=1S/C19H24N2O8/c1-18(2)26-11-12(27-18)14-17(29-19(3,4)28-14)25-13(11)16(24)21-20-15(23)9-7-5-6-8-10(9)22/h5-8,11-14,17,22H,1-4H3,(H,20,23)(H,21,24). The Morgan fingerprint density at radius 3 is 2.24 bits per heavy atom. The first kappa shape index (κ1) is 20.0. The van der Waals surface area contributed by atoms with E-state index >= 15 is 0 Å². The largest absolute Gasteiger partial charge is 0.507 e. The van der Waals surface area contributed by atoms with Gasteiger partial charge >= 0.3 is 0 Å². The third-order valence-electron chi connectivity index (χ3n) is 4.86. The minimum atomic E-state index is -1.11. The van der Waals surface area contributed by atoms with Gasteiger partial charge in [-0.1, -0.05) is 12.1 Å². The first-order valence-electron chi connectivity index (χ1n) is 9.31.